The van der Waals surface area contributed by atoms with E-state index in [0.717, 1.165) is 11.4 Å². The van der Waals surface area contributed by atoms with E-state index in [-0.39, 0.29) is 5.91 Å². The second-order valence-corrected chi connectivity index (χ2v) is 3.20. The average Bonchev–Trinajstić information content (AvgIpc) is 2.28. The van der Waals surface area contributed by atoms with Gasteiger partial charge in [-0.05, 0) is 6.07 Å². The second kappa shape index (κ2) is 2.45. The Hall–Kier alpha value is -1.09. The van der Waals surface area contributed by atoms with Crippen LogP contribution in [0.15, 0.2) is 12.3 Å². The zero-order valence-electron chi connectivity index (χ0n) is 6.54. The van der Waals surface area contributed by atoms with Crippen molar-refractivity contribution in [2.45, 2.75) is 6.42 Å². The molecule has 2 heterocycles. The van der Waals surface area contributed by atoms with E-state index in [1.54, 1.807) is 24.2 Å². The van der Waals surface area contributed by atoms with Gasteiger partial charge in [-0.25, -0.2) is 4.98 Å². The molecule has 1 aliphatic rings. The summed E-state index contributed by atoms with van der Waals surface area (Å²) >= 11 is 5.73. The number of hydrogen-bond donors (Lipinski definition) is 0. The Morgan fingerprint density at radius 2 is 2.42 bits per heavy atom. The van der Waals surface area contributed by atoms with Crippen molar-refractivity contribution in [3.8, 4) is 0 Å². The van der Waals surface area contributed by atoms with E-state index in [2.05, 4.69) is 4.98 Å². The number of halogens is 1. The van der Waals surface area contributed by atoms with Crippen LogP contribution < -0.4 is 4.90 Å². The zero-order valence-corrected chi connectivity index (χ0v) is 7.30. The maximum absolute atomic E-state index is 11.2. The van der Waals surface area contributed by atoms with Crippen molar-refractivity contribution in [2.24, 2.45) is 0 Å². The molecule has 1 aromatic rings. The van der Waals surface area contributed by atoms with Crippen LogP contribution in [0.5, 0.6) is 0 Å². The van der Waals surface area contributed by atoms with Gasteiger partial charge in [0.05, 0.1) is 11.4 Å². The number of nitrogens with zero attached hydrogens (tertiary/aromatic N) is 2. The lowest BCUT2D eigenvalue weighted by Gasteiger charge is -2.07. The summed E-state index contributed by atoms with van der Waals surface area (Å²) in [5.41, 5.74) is 0.912. The molecule has 0 saturated heterocycles. The second-order valence-electron chi connectivity index (χ2n) is 2.77. The molecule has 62 valence electrons. The number of anilines is 1. The van der Waals surface area contributed by atoms with Gasteiger partial charge in [-0.2, -0.15) is 0 Å². The fourth-order valence-corrected chi connectivity index (χ4v) is 1.49. The molecule has 1 aromatic heterocycles. The molecule has 1 aliphatic heterocycles. The first-order valence-corrected chi connectivity index (χ1v) is 3.97. The third kappa shape index (κ3) is 0.975. The number of carbonyl (C=O) groups is 1. The van der Waals surface area contributed by atoms with Crippen LogP contribution >= 0.6 is 11.6 Å². The minimum Gasteiger partial charge on any atom is -0.299 e. The third-order valence-electron chi connectivity index (χ3n) is 1.94. The van der Waals surface area contributed by atoms with Gasteiger partial charge in [0, 0.05) is 18.8 Å². The lowest BCUT2D eigenvalue weighted by Crippen LogP contribution is -2.21. The monoisotopic (exact) mass is 182 g/mol. The Labute approximate surface area is 75.0 Å². The molecule has 3 nitrogen and oxygen atoms in total. The van der Waals surface area contributed by atoms with Crippen molar-refractivity contribution in [3.05, 3.63) is 22.8 Å². The molecule has 0 radical (unpaired) electrons. The topological polar surface area (TPSA) is 33.2 Å². The Bertz CT molecular complexity index is 351. The number of pyridine rings is 1. The fraction of sp³-hybridized carbons (Fsp3) is 0.250. The van der Waals surface area contributed by atoms with Gasteiger partial charge in [0.25, 0.3) is 0 Å². The van der Waals surface area contributed by atoms with Crippen LogP contribution in [-0.2, 0) is 11.2 Å². The van der Waals surface area contributed by atoms with Crippen molar-refractivity contribution < 1.29 is 4.79 Å². The fourth-order valence-electron chi connectivity index (χ4n) is 1.31. The predicted molar refractivity (Wildman–Crippen MR) is 46.4 cm³/mol. The van der Waals surface area contributed by atoms with Crippen molar-refractivity contribution in [1.82, 2.24) is 4.98 Å². The van der Waals surface area contributed by atoms with Crippen LogP contribution in [0.4, 0.5) is 5.82 Å². The molecule has 2 rings (SSSR count). The number of amides is 1. The number of hydrogen-bond acceptors (Lipinski definition) is 2. The highest BCUT2D eigenvalue weighted by Crippen LogP contribution is 2.26. The van der Waals surface area contributed by atoms with E-state index in [1.807, 2.05) is 0 Å². The van der Waals surface area contributed by atoms with E-state index in [9.17, 15) is 4.79 Å². The van der Waals surface area contributed by atoms with Crippen LogP contribution in [-0.4, -0.2) is 17.9 Å². The molecule has 0 fully saturated rings. The van der Waals surface area contributed by atoms with E-state index in [0.29, 0.717) is 11.4 Å². The first-order chi connectivity index (χ1) is 5.68. The van der Waals surface area contributed by atoms with Gasteiger partial charge in [0.2, 0.25) is 5.91 Å². The molecule has 12 heavy (non-hydrogen) atoms. The summed E-state index contributed by atoms with van der Waals surface area (Å²) in [6.07, 6.45) is 1.97. The van der Waals surface area contributed by atoms with Gasteiger partial charge in [-0.15, -0.1) is 0 Å². The van der Waals surface area contributed by atoms with Crippen molar-refractivity contribution >= 4 is 23.3 Å². The standard InChI is InChI=1S/C8H7ClN2O/c1-11-7(12)3-5-2-6(9)4-10-8(5)11/h2,4H,3H2,1H3. The van der Waals surface area contributed by atoms with Crippen LogP contribution in [0.1, 0.15) is 5.56 Å². The lowest BCUT2D eigenvalue weighted by molar-refractivity contribution is -0.117. The van der Waals surface area contributed by atoms with Crippen LogP contribution in [0.3, 0.4) is 0 Å². The minimum absolute atomic E-state index is 0.0692. The van der Waals surface area contributed by atoms with E-state index < -0.39 is 0 Å². The molecule has 0 saturated carbocycles. The van der Waals surface area contributed by atoms with Gasteiger partial charge in [0.15, 0.2) is 0 Å². The Morgan fingerprint density at radius 1 is 1.67 bits per heavy atom. The SMILES string of the molecule is CN1C(=O)Cc2cc(Cl)cnc21. The van der Waals surface area contributed by atoms with E-state index in [4.69, 9.17) is 11.6 Å². The molecule has 0 unspecified atom stereocenters. The van der Waals surface area contributed by atoms with Crippen LogP contribution in [0, 0.1) is 0 Å². The first-order valence-electron chi connectivity index (χ1n) is 3.59. The molecule has 4 heteroatoms. The molecule has 0 aromatic carbocycles. The van der Waals surface area contributed by atoms with Crippen molar-refractivity contribution in [3.63, 3.8) is 0 Å². The normalized spacial score (nSPS) is 15.2. The van der Waals surface area contributed by atoms with Crippen molar-refractivity contribution in [2.75, 3.05) is 11.9 Å². The quantitative estimate of drug-likeness (QED) is 0.605. The predicted octanol–water partition coefficient (Wildman–Crippen LogP) is 1.25. The molecule has 0 N–H and O–H groups in total. The van der Waals surface area contributed by atoms with Crippen molar-refractivity contribution in [1.29, 1.82) is 0 Å². The van der Waals surface area contributed by atoms with Gasteiger partial charge in [0.1, 0.15) is 5.82 Å². The average molecular weight is 183 g/mol. The van der Waals surface area contributed by atoms with Gasteiger partial charge in [-0.3, -0.25) is 9.69 Å². The lowest BCUT2D eigenvalue weighted by atomic mass is 10.2. The summed E-state index contributed by atoms with van der Waals surface area (Å²) < 4.78 is 0. The molecule has 0 atom stereocenters. The number of carbonyl (C=O) groups excluding carboxylic acids is 1. The summed E-state index contributed by atoms with van der Waals surface area (Å²) in [4.78, 5) is 16.8. The maximum Gasteiger partial charge on any atom is 0.232 e. The molecule has 1 amide bonds. The molecule has 0 bridgehead atoms. The summed E-state index contributed by atoms with van der Waals surface area (Å²) in [5, 5.41) is 0.580. The molecular formula is C8H7ClN2O. The number of fused-ring (bicyclic) bond motifs is 1. The highest BCUT2D eigenvalue weighted by atomic mass is 35.5. The van der Waals surface area contributed by atoms with Gasteiger partial charge >= 0.3 is 0 Å². The Balaban J connectivity index is 2.54. The summed E-state index contributed by atoms with van der Waals surface area (Å²) in [7, 11) is 1.72. The van der Waals surface area contributed by atoms with Crippen LogP contribution in [0.2, 0.25) is 5.02 Å². The largest absolute Gasteiger partial charge is 0.299 e. The number of aromatic nitrogens is 1. The third-order valence-corrected chi connectivity index (χ3v) is 2.15. The molecular weight excluding hydrogens is 176 g/mol. The summed E-state index contributed by atoms with van der Waals surface area (Å²) in [6.45, 7) is 0. The van der Waals surface area contributed by atoms with Crippen LogP contribution in [0.25, 0.3) is 0 Å². The molecule has 0 aliphatic carbocycles. The summed E-state index contributed by atoms with van der Waals surface area (Å²) in [6, 6.07) is 1.78. The summed E-state index contributed by atoms with van der Waals surface area (Å²) in [5.74, 6) is 0.796. The Morgan fingerprint density at radius 3 is 3.17 bits per heavy atom. The number of rotatable bonds is 0. The smallest absolute Gasteiger partial charge is 0.232 e. The minimum atomic E-state index is 0.0692. The number of likely N-dealkylation sites (N-methyl/N-ethyl adjacent to an activating group) is 1. The zero-order chi connectivity index (χ0) is 8.72. The molecule has 0 spiro atoms. The highest BCUT2D eigenvalue weighted by Gasteiger charge is 2.24. The highest BCUT2D eigenvalue weighted by molar-refractivity contribution is 6.30. The first kappa shape index (κ1) is 7.55. The maximum atomic E-state index is 11.2. The van der Waals surface area contributed by atoms with Gasteiger partial charge < -0.3 is 0 Å². The van der Waals surface area contributed by atoms with E-state index in [1.165, 1.54) is 0 Å². The Kier molecular flexibility index (Phi) is 1.54. The van der Waals surface area contributed by atoms with E-state index >= 15 is 0 Å². The van der Waals surface area contributed by atoms with Gasteiger partial charge in [-0.1, -0.05) is 11.6 Å².